The van der Waals surface area contributed by atoms with E-state index in [0.29, 0.717) is 23.6 Å². The zero-order chi connectivity index (χ0) is 14.4. The highest BCUT2D eigenvalue weighted by atomic mass is 35.5. The van der Waals surface area contributed by atoms with Gasteiger partial charge in [0.25, 0.3) is 5.91 Å². The van der Waals surface area contributed by atoms with Crippen LogP contribution in [0.1, 0.15) is 29.5 Å². The number of furan rings is 1. The van der Waals surface area contributed by atoms with Crippen LogP contribution in [0.5, 0.6) is 5.75 Å². The number of benzene rings is 1. The Kier molecular flexibility index (Phi) is 6.78. The van der Waals surface area contributed by atoms with E-state index >= 15 is 0 Å². The molecule has 0 unspecified atom stereocenters. The molecule has 2 rings (SSSR count). The first-order valence-corrected chi connectivity index (χ1v) is 6.54. The summed E-state index contributed by atoms with van der Waals surface area (Å²) in [5, 5.41) is 2.79. The van der Waals surface area contributed by atoms with E-state index < -0.39 is 0 Å². The van der Waals surface area contributed by atoms with Gasteiger partial charge in [-0.25, -0.2) is 0 Å². The van der Waals surface area contributed by atoms with Gasteiger partial charge in [-0.3, -0.25) is 4.79 Å². The molecule has 0 atom stereocenters. The molecule has 3 N–H and O–H groups in total. The second kappa shape index (κ2) is 8.34. The molecule has 0 fully saturated rings. The Morgan fingerprint density at radius 1 is 1.38 bits per heavy atom. The Bertz CT molecular complexity index is 584. The van der Waals surface area contributed by atoms with E-state index in [1.54, 1.807) is 18.2 Å². The molecule has 0 saturated carbocycles. The molecule has 0 bridgehead atoms. The van der Waals surface area contributed by atoms with Crippen LogP contribution in [0.4, 0.5) is 5.69 Å². The Balaban J connectivity index is 0.00000220. The molecule has 0 spiro atoms. The largest absolute Gasteiger partial charge is 0.494 e. The van der Waals surface area contributed by atoms with Crippen LogP contribution in [0.2, 0.25) is 0 Å². The molecule has 0 aliphatic carbocycles. The van der Waals surface area contributed by atoms with Crippen molar-refractivity contribution in [3.8, 4) is 5.75 Å². The van der Waals surface area contributed by atoms with E-state index in [2.05, 4.69) is 5.32 Å². The van der Waals surface area contributed by atoms with Crippen molar-refractivity contribution < 1.29 is 13.9 Å². The fraction of sp³-hybridized carbons (Fsp3) is 0.267. The minimum atomic E-state index is -0.235. The van der Waals surface area contributed by atoms with Gasteiger partial charge < -0.3 is 20.2 Å². The quantitative estimate of drug-likeness (QED) is 0.859. The Morgan fingerprint density at radius 3 is 2.86 bits per heavy atom. The molecule has 1 aromatic heterocycles. The van der Waals surface area contributed by atoms with Gasteiger partial charge >= 0.3 is 0 Å². The fourth-order valence-electron chi connectivity index (χ4n) is 1.69. The number of hydrogen-bond donors (Lipinski definition) is 2. The average Bonchev–Trinajstić information content (AvgIpc) is 2.94. The molecule has 0 aliphatic rings. The first-order chi connectivity index (χ1) is 9.72. The summed E-state index contributed by atoms with van der Waals surface area (Å²) in [6.07, 6.45) is 2.34. The summed E-state index contributed by atoms with van der Waals surface area (Å²) >= 11 is 0. The number of carbonyl (C=O) groups excluding carboxylic acids is 1. The number of rotatable bonds is 6. The van der Waals surface area contributed by atoms with Crippen molar-refractivity contribution in [2.24, 2.45) is 5.73 Å². The number of halogens is 1. The first-order valence-electron chi connectivity index (χ1n) is 6.54. The highest BCUT2D eigenvalue weighted by molar-refractivity contribution is 6.04. The number of nitrogens with one attached hydrogen (secondary N) is 1. The summed E-state index contributed by atoms with van der Waals surface area (Å²) in [7, 11) is 0. The standard InChI is InChI=1S/C15H18N2O3.ClH/c1-2-6-19-13-5-3-4-12(8-13)17-15(18)11-7-14(9-16)20-10-11;/h3-5,7-8,10H,2,6,9,16H2,1H3,(H,17,18);1H. The Hall–Kier alpha value is -1.98. The van der Waals surface area contributed by atoms with Gasteiger partial charge in [0, 0.05) is 11.8 Å². The summed E-state index contributed by atoms with van der Waals surface area (Å²) in [4.78, 5) is 12.0. The van der Waals surface area contributed by atoms with Crippen LogP contribution >= 0.6 is 12.4 Å². The van der Waals surface area contributed by atoms with E-state index in [1.165, 1.54) is 6.26 Å². The van der Waals surface area contributed by atoms with Crippen molar-refractivity contribution >= 4 is 24.0 Å². The molecule has 114 valence electrons. The monoisotopic (exact) mass is 310 g/mol. The maximum Gasteiger partial charge on any atom is 0.258 e. The van der Waals surface area contributed by atoms with Crippen molar-refractivity contribution in [2.45, 2.75) is 19.9 Å². The van der Waals surface area contributed by atoms with Gasteiger partial charge in [-0.15, -0.1) is 12.4 Å². The van der Waals surface area contributed by atoms with Gasteiger partial charge in [-0.05, 0) is 24.6 Å². The number of carbonyl (C=O) groups is 1. The van der Waals surface area contributed by atoms with Crippen molar-refractivity contribution in [3.63, 3.8) is 0 Å². The number of anilines is 1. The molecule has 0 saturated heterocycles. The maximum atomic E-state index is 12.0. The van der Waals surface area contributed by atoms with Crippen LogP contribution in [-0.4, -0.2) is 12.5 Å². The van der Waals surface area contributed by atoms with E-state index in [1.807, 2.05) is 19.1 Å². The molecule has 1 heterocycles. The lowest BCUT2D eigenvalue weighted by molar-refractivity contribution is 0.102. The average molecular weight is 311 g/mol. The summed E-state index contributed by atoms with van der Waals surface area (Å²) in [6, 6.07) is 8.92. The zero-order valence-corrected chi connectivity index (χ0v) is 12.6. The van der Waals surface area contributed by atoms with E-state index in [9.17, 15) is 4.79 Å². The predicted octanol–water partition coefficient (Wildman–Crippen LogP) is 3.20. The van der Waals surface area contributed by atoms with E-state index in [-0.39, 0.29) is 24.9 Å². The third kappa shape index (κ3) is 4.81. The van der Waals surface area contributed by atoms with E-state index in [4.69, 9.17) is 14.9 Å². The van der Waals surface area contributed by atoms with Gasteiger partial charge in [-0.2, -0.15) is 0 Å². The molecule has 1 aromatic carbocycles. The highest BCUT2D eigenvalue weighted by Gasteiger charge is 2.10. The van der Waals surface area contributed by atoms with Crippen LogP contribution in [-0.2, 0) is 6.54 Å². The smallest absolute Gasteiger partial charge is 0.258 e. The molecule has 0 radical (unpaired) electrons. The molecule has 5 nitrogen and oxygen atoms in total. The van der Waals surface area contributed by atoms with Crippen LogP contribution in [0.25, 0.3) is 0 Å². The second-order valence-corrected chi connectivity index (χ2v) is 4.34. The SMILES string of the molecule is CCCOc1cccc(NC(=O)c2coc(CN)c2)c1.Cl. The number of ether oxygens (including phenoxy) is 1. The molecular weight excluding hydrogens is 292 g/mol. The lowest BCUT2D eigenvalue weighted by Gasteiger charge is -2.07. The van der Waals surface area contributed by atoms with Crippen LogP contribution in [0.15, 0.2) is 41.0 Å². The van der Waals surface area contributed by atoms with Crippen LogP contribution < -0.4 is 15.8 Å². The molecule has 1 amide bonds. The summed E-state index contributed by atoms with van der Waals surface area (Å²) in [5.74, 6) is 1.08. The third-order valence-electron chi connectivity index (χ3n) is 2.68. The Labute approximate surface area is 129 Å². The lowest BCUT2D eigenvalue weighted by atomic mass is 10.2. The summed E-state index contributed by atoms with van der Waals surface area (Å²) in [6.45, 7) is 2.96. The molecular formula is C15H19ClN2O3. The van der Waals surface area contributed by atoms with Crippen molar-refractivity contribution in [2.75, 3.05) is 11.9 Å². The van der Waals surface area contributed by atoms with Crippen LogP contribution in [0, 0.1) is 0 Å². The normalized spacial score (nSPS) is 9.81. The number of nitrogens with two attached hydrogens (primary N) is 1. The lowest BCUT2D eigenvalue weighted by Crippen LogP contribution is -2.11. The fourth-order valence-corrected chi connectivity index (χ4v) is 1.69. The van der Waals surface area contributed by atoms with Crippen LogP contribution in [0.3, 0.4) is 0 Å². The minimum absolute atomic E-state index is 0. The molecule has 21 heavy (non-hydrogen) atoms. The van der Waals surface area contributed by atoms with Gasteiger partial charge in [-0.1, -0.05) is 13.0 Å². The van der Waals surface area contributed by atoms with Crippen molar-refractivity contribution in [3.05, 3.63) is 47.9 Å². The van der Waals surface area contributed by atoms with Gasteiger partial charge in [0.15, 0.2) is 0 Å². The molecule has 0 aliphatic heterocycles. The van der Waals surface area contributed by atoms with Gasteiger partial charge in [0.2, 0.25) is 0 Å². The third-order valence-corrected chi connectivity index (χ3v) is 2.68. The summed E-state index contributed by atoms with van der Waals surface area (Å²) in [5.41, 5.74) is 6.57. The highest BCUT2D eigenvalue weighted by Crippen LogP contribution is 2.18. The molecule has 2 aromatic rings. The molecule has 6 heteroatoms. The second-order valence-electron chi connectivity index (χ2n) is 4.34. The van der Waals surface area contributed by atoms with E-state index in [0.717, 1.165) is 12.2 Å². The van der Waals surface area contributed by atoms with Gasteiger partial charge in [0.1, 0.15) is 17.8 Å². The maximum absolute atomic E-state index is 12.0. The minimum Gasteiger partial charge on any atom is -0.494 e. The number of hydrogen-bond acceptors (Lipinski definition) is 4. The van der Waals surface area contributed by atoms with Crippen molar-refractivity contribution in [1.82, 2.24) is 0 Å². The summed E-state index contributed by atoms with van der Waals surface area (Å²) < 4.78 is 10.7. The Morgan fingerprint density at radius 2 is 2.19 bits per heavy atom. The predicted molar refractivity (Wildman–Crippen MR) is 84.0 cm³/mol. The van der Waals surface area contributed by atoms with Crippen molar-refractivity contribution in [1.29, 1.82) is 0 Å². The first kappa shape index (κ1) is 17.1. The number of amides is 1. The van der Waals surface area contributed by atoms with Gasteiger partial charge in [0.05, 0.1) is 18.7 Å². The zero-order valence-electron chi connectivity index (χ0n) is 11.8. The topological polar surface area (TPSA) is 77.5 Å².